The molecule has 4 heteroatoms. The van der Waals surface area contributed by atoms with Gasteiger partial charge in [0.05, 0.1) is 14.1 Å². The maximum atomic E-state index is 4.67. The van der Waals surface area contributed by atoms with E-state index in [4.69, 9.17) is 0 Å². The molecule has 3 aromatic rings. The van der Waals surface area contributed by atoms with Gasteiger partial charge in [-0.05, 0) is 18.4 Å². The summed E-state index contributed by atoms with van der Waals surface area (Å²) in [6, 6.07) is 17.0. The molecule has 0 bridgehead atoms. The zero-order valence-electron chi connectivity index (χ0n) is 14.3. The molecule has 0 radical (unpaired) electrons. The van der Waals surface area contributed by atoms with Gasteiger partial charge < -0.3 is 9.13 Å². The second kappa shape index (κ2) is 9.86. The van der Waals surface area contributed by atoms with Crippen LogP contribution in [0.5, 0.6) is 0 Å². The molecule has 1 aromatic heterocycles. The summed E-state index contributed by atoms with van der Waals surface area (Å²) >= 11 is 1.33. The van der Waals surface area contributed by atoms with Crippen LogP contribution in [0.25, 0.3) is 11.0 Å². The fraction of sp³-hybridized carbons (Fsp3) is 0.316. The van der Waals surface area contributed by atoms with Crippen LogP contribution in [-0.4, -0.2) is 4.57 Å². The molecule has 0 saturated carbocycles. The number of aryl methyl sites for hydroxylation is 3. The van der Waals surface area contributed by atoms with Crippen molar-refractivity contribution in [2.75, 3.05) is 0 Å². The molecular formula is C19H24ClN2Os. The van der Waals surface area contributed by atoms with Crippen molar-refractivity contribution < 1.29 is 22.2 Å². The van der Waals surface area contributed by atoms with E-state index in [0.717, 1.165) is 0 Å². The third-order valence-corrected chi connectivity index (χ3v) is 3.65. The van der Waals surface area contributed by atoms with Gasteiger partial charge in [0, 0.05) is 11.0 Å². The Hall–Kier alpha value is -1.16. The Morgan fingerprint density at radius 1 is 1.04 bits per heavy atom. The van der Waals surface area contributed by atoms with E-state index in [-0.39, 0.29) is 0 Å². The van der Waals surface area contributed by atoms with Gasteiger partial charge in [-0.2, -0.15) is 0 Å². The van der Waals surface area contributed by atoms with Crippen LogP contribution in [0.3, 0.4) is 0 Å². The molecule has 0 aliphatic heterocycles. The summed E-state index contributed by atoms with van der Waals surface area (Å²) in [4.78, 5) is 0. The Bertz CT molecular complexity index is 682. The quantitative estimate of drug-likeness (QED) is 0.337. The topological polar surface area (TPSA) is 8.81 Å². The van der Waals surface area contributed by atoms with Crippen molar-refractivity contribution in [1.82, 2.24) is 4.57 Å². The molecule has 0 fully saturated rings. The Morgan fingerprint density at radius 2 is 1.61 bits per heavy atom. The molecular weight excluding hydrogens is 482 g/mol. The minimum absolute atomic E-state index is 0.653. The Balaban J connectivity index is 0.000000209. The van der Waals surface area contributed by atoms with Crippen LogP contribution < -0.4 is 4.57 Å². The number of fused-ring (bicyclic) bond motifs is 1. The number of benzene rings is 2. The number of nitrogens with zero attached hydrogens (tertiary/aromatic N) is 2. The van der Waals surface area contributed by atoms with E-state index in [2.05, 4.69) is 73.1 Å². The molecule has 0 N–H and O–H groups in total. The summed E-state index contributed by atoms with van der Waals surface area (Å²) < 4.78 is 3.99. The van der Waals surface area contributed by atoms with E-state index in [1.54, 1.807) is 0 Å². The molecule has 0 aliphatic carbocycles. The number of aromatic nitrogens is 2. The average molecular weight is 506 g/mol. The van der Waals surface area contributed by atoms with E-state index < -0.39 is 0 Å². The van der Waals surface area contributed by atoms with Crippen LogP contribution in [0.2, 0.25) is 0 Å². The van der Waals surface area contributed by atoms with Crippen molar-refractivity contribution in [3.63, 3.8) is 0 Å². The van der Waals surface area contributed by atoms with Crippen molar-refractivity contribution in [2.45, 2.75) is 26.7 Å². The molecule has 0 saturated heterocycles. The normalized spacial score (nSPS) is 9.91. The first-order valence-electron chi connectivity index (χ1n) is 7.51. The first-order chi connectivity index (χ1) is 11.0. The van der Waals surface area contributed by atoms with Gasteiger partial charge in [0.15, 0.2) is 0 Å². The molecule has 1 heterocycles. The van der Waals surface area contributed by atoms with Gasteiger partial charge in [-0.25, -0.2) is 0 Å². The Kier molecular flexibility index (Phi) is 8.52. The monoisotopic (exact) mass is 507 g/mol. The molecule has 0 spiro atoms. The van der Waals surface area contributed by atoms with Crippen molar-refractivity contribution in [2.24, 2.45) is 14.1 Å². The second-order valence-electron chi connectivity index (χ2n) is 5.77. The summed E-state index contributed by atoms with van der Waals surface area (Å²) in [6.45, 7) is 6.54. The fourth-order valence-corrected chi connectivity index (χ4v) is 2.32. The predicted molar refractivity (Wildman–Crippen MR) is 94.1 cm³/mol. The molecule has 125 valence electrons. The van der Waals surface area contributed by atoms with Crippen LogP contribution in [0.1, 0.15) is 30.9 Å². The van der Waals surface area contributed by atoms with Gasteiger partial charge in [-0.1, -0.05) is 67.9 Å². The standard InChI is InChI=1S/C10H14.C9H10N2.ClH.Os/c1-8(2)10-6-4-9(3)5-7-10;1-10-7-11(2)9-6-4-3-5-8(9)10;;/h4-8H,1-3H3;3-6H,1-2H3;1H;/q;;;+1/p-1. The summed E-state index contributed by atoms with van der Waals surface area (Å²) in [6.07, 6.45) is 3.15. The number of halogens is 1. The van der Waals surface area contributed by atoms with Gasteiger partial charge in [0.25, 0.3) is 0 Å². The molecule has 0 unspecified atom stereocenters. The fourth-order valence-electron chi connectivity index (χ4n) is 2.32. The van der Waals surface area contributed by atoms with Crippen LogP contribution >= 0.6 is 9.64 Å². The number of hydrogen-bond donors (Lipinski definition) is 0. The van der Waals surface area contributed by atoms with Crippen LogP contribution in [0.4, 0.5) is 0 Å². The first-order valence-corrected chi connectivity index (χ1v) is 10.7. The Morgan fingerprint density at radius 3 is 2.13 bits per heavy atom. The van der Waals surface area contributed by atoms with Gasteiger partial charge in [0.2, 0.25) is 6.33 Å². The van der Waals surface area contributed by atoms with Crippen molar-refractivity contribution in [3.05, 3.63) is 66.0 Å². The third-order valence-electron chi connectivity index (χ3n) is 3.65. The van der Waals surface area contributed by atoms with E-state index >= 15 is 0 Å². The van der Waals surface area contributed by atoms with E-state index in [1.807, 2.05) is 35.4 Å². The second-order valence-corrected chi connectivity index (χ2v) is 5.77. The van der Waals surface area contributed by atoms with Crippen LogP contribution in [0.15, 0.2) is 48.5 Å². The number of hydrogen-bond acceptors (Lipinski definition) is 0. The van der Waals surface area contributed by atoms with Gasteiger partial charge in [-0.3, -0.25) is 0 Å². The molecule has 3 rings (SSSR count). The van der Waals surface area contributed by atoms with Crippen LogP contribution in [-0.2, 0) is 31.7 Å². The summed E-state index contributed by atoms with van der Waals surface area (Å²) in [5.74, 6) is 0.653. The zero-order valence-corrected chi connectivity index (χ0v) is 17.6. The molecule has 2 nitrogen and oxygen atoms in total. The van der Waals surface area contributed by atoms with E-state index in [0.29, 0.717) is 5.92 Å². The molecule has 0 aliphatic rings. The average Bonchev–Trinajstić information content (AvgIpc) is 2.86. The van der Waals surface area contributed by atoms with E-state index in [1.165, 1.54) is 39.8 Å². The van der Waals surface area contributed by atoms with E-state index in [9.17, 15) is 0 Å². The Labute approximate surface area is 154 Å². The van der Waals surface area contributed by atoms with Crippen LogP contribution in [0, 0.1) is 13.3 Å². The molecule has 0 atom stereocenters. The van der Waals surface area contributed by atoms with Gasteiger partial charge in [0.1, 0.15) is 0 Å². The maximum absolute atomic E-state index is 4.67. The third kappa shape index (κ3) is 5.76. The number of para-hydroxylation sites is 2. The predicted octanol–water partition coefficient (Wildman–Crippen LogP) is 4.61. The molecule has 2 aromatic carbocycles. The zero-order chi connectivity index (χ0) is 17.4. The van der Waals surface area contributed by atoms with Crippen molar-refractivity contribution in [3.8, 4) is 0 Å². The first kappa shape index (κ1) is 19.9. The number of imidazole rings is 1. The van der Waals surface area contributed by atoms with Gasteiger partial charge >= 0.3 is 27.2 Å². The summed E-state index contributed by atoms with van der Waals surface area (Å²) in [5.41, 5.74) is 5.19. The van der Waals surface area contributed by atoms with Gasteiger partial charge in [-0.15, -0.1) is 0 Å². The van der Waals surface area contributed by atoms with Crippen molar-refractivity contribution >= 4 is 20.7 Å². The number of rotatable bonds is 1. The molecule has 23 heavy (non-hydrogen) atoms. The van der Waals surface area contributed by atoms with Crippen molar-refractivity contribution in [1.29, 1.82) is 0 Å². The summed E-state index contributed by atoms with van der Waals surface area (Å²) in [7, 11) is 8.67. The molecule has 0 amide bonds. The SMILES string of the molecule is Cc1ccc(C(C)C)cc1.Cn1[c-][n+](C)c2ccccc21.[Cl][Os]. The summed E-state index contributed by atoms with van der Waals surface area (Å²) in [5, 5.41) is 0. The minimum atomic E-state index is 0.653.